The number of aryl methyl sites for hydroxylation is 1. The predicted octanol–water partition coefficient (Wildman–Crippen LogP) is 3.07. The summed E-state index contributed by atoms with van der Waals surface area (Å²) in [4.78, 5) is 14.2. The number of hydrogen-bond donors (Lipinski definition) is 1. The van der Waals surface area contributed by atoms with E-state index in [0.717, 1.165) is 11.4 Å². The number of thiazole rings is 1. The van der Waals surface area contributed by atoms with Crippen molar-refractivity contribution in [1.29, 1.82) is 0 Å². The van der Waals surface area contributed by atoms with Gasteiger partial charge in [0, 0.05) is 23.3 Å². The van der Waals surface area contributed by atoms with Crippen molar-refractivity contribution in [3.05, 3.63) is 28.3 Å². The number of hydrogen-bond acceptors (Lipinski definition) is 6. The number of anilines is 1. The molecular formula is C13H18N4OS. The quantitative estimate of drug-likeness (QED) is 0.880. The van der Waals surface area contributed by atoms with E-state index in [0.29, 0.717) is 18.4 Å². The van der Waals surface area contributed by atoms with Crippen molar-refractivity contribution in [1.82, 2.24) is 15.0 Å². The highest BCUT2D eigenvalue weighted by Gasteiger charge is 2.11. The van der Waals surface area contributed by atoms with Crippen LogP contribution in [0.2, 0.25) is 0 Å². The molecule has 2 heterocycles. The van der Waals surface area contributed by atoms with Gasteiger partial charge < -0.3 is 10.1 Å². The van der Waals surface area contributed by atoms with Crippen molar-refractivity contribution in [2.75, 3.05) is 11.9 Å². The largest absolute Gasteiger partial charge is 0.478 e. The molecule has 102 valence electrons. The molecule has 1 N–H and O–H groups in total. The Balaban J connectivity index is 2.05. The van der Waals surface area contributed by atoms with Crippen LogP contribution in [0.15, 0.2) is 18.5 Å². The summed E-state index contributed by atoms with van der Waals surface area (Å²) in [6.45, 7) is 6.71. The van der Waals surface area contributed by atoms with Crippen LogP contribution in [0.1, 0.15) is 36.7 Å². The molecule has 1 atom stereocenters. The van der Waals surface area contributed by atoms with Crippen LogP contribution in [0.3, 0.4) is 0 Å². The van der Waals surface area contributed by atoms with E-state index in [-0.39, 0.29) is 6.04 Å². The fraction of sp³-hybridized carbons (Fsp3) is 0.462. The Morgan fingerprint density at radius 3 is 2.89 bits per heavy atom. The van der Waals surface area contributed by atoms with E-state index in [1.807, 2.05) is 13.1 Å². The van der Waals surface area contributed by atoms with Gasteiger partial charge in [0.15, 0.2) is 0 Å². The minimum atomic E-state index is 0.0853. The maximum atomic E-state index is 5.35. The van der Waals surface area contributed by atoms with Crippen molar-refractivity contribution in [3.63, 3.8) is 0 Å². The summed E-state index contributed by atoms with van der Waals surface area (Å²) in [5.41, 5.74) is 0. The fourth-order valence-electron chi connectivity index (χ4n) is 1.58. The molecule has 1 unspecified atom stereocenters. The number of nitrogens with zero attached hydrogens (tertiary/aromatic N) is 3. The van der Waals surface area contributed by atoms with Crippen molar-refractivity contribution in [2.45, 2.75) is 33.2 Å². The van der Waals surface area contributed by atoms with Crippen molar-refractivity contribution >= 4 is 17.3 Å². The normalized spacial score (nSPS) is 12.2. The molecule has 6 heteroatoms. The molecule has 5 nitrogen and oxygen atoms in total. The lowest BCUT2D eigenvalue weighted by Gasteiger charge is -2.11. The molecule has 19 heavy (non-hydrogen) atoms. The van der Waals surface area contributed by atoms with Gasteiger partial charge in [-0.1, -0.05) is 6.92 Å². The summed E-state index contributed by atoms with van der Waals surface area (Å²) in [6, 6.07) is 1.83. The molecular weight excluding hydrogens is 260 g/mol. The van der Waals surface area contributed by atoms with Gasteiger partial charge in [-0.2, -0.15) is 4.98 Å². The third-order valence-electron chi connectivity index (χ3n) is 2.56. The number of nitrogens with one attached hydrogen (secondary N) is 1. The van der Waals surface area contributed by atoms with Crippen LogP contribution in [-0.2, 0) is 6.42 Å². The Hall–Kier alpha value is -1.69. The lowest BCUT2D eigenvalue weighted by atomic mass is 10.3. The highest BCUT2D eigenvalue weighted by atomic mass is 32.1. The molecule has 0 radical (unpaired) electrons. The smallest absolute Gasteiger partial charge is 0.226 e. The van der Waals surface area contributed by atoms with Crippen LogP contribution in [-0.4, -0.2) is 21.6 Å². The minimum Gasteiger partial charge on any atom is -0.478 e. The summed E-state index contributed by atoms with van der Waals surface area (Å²) in [6.07, 6.45) is 4.63. The SMILES string of the molecule is CCOc1ccnc(NC(C)c2ncc(CC)s2)n1. The lowest BCUT2D eigenvalue weighted by Crippen LogP contribution is -2.09. The van der Waals surface area contributed by atoms with E-state index < -0.39 is 0 Å². The Kier molecular flexibility index (Phi) is 4.68. The summed E-state index contributed by atoms with van der Waals surface area (Å²) in [7, 11) is 0. The Bertz CT molecular complexity index is 529. The summed E-state index contributed by atoms with van der Waals surface area (Å²) in [5.74, 6) is 1.15. The van der Waals surface area contributed by atoms with Gasteiger partial charge in [-0.05, 0) is 20.3 Å². The van der Waals surface area contributed by atoms with Crippen LogP contribution in [0.4, 0.5) is 5.95 Å². The highest BCUT2D eigenvalue weighted by Crippen LogP contribution is 2.23. The van der Waals surface area contributed by atoms with E-state index in [2.05, 4.69) is 34.1 Å². The molecule has 0 amide bonds. The summed E-state index contributed by atoms with van der Waals surface area (Å²) >= 11 is 1.71. The summed E-state index contributed by atoms with van der Waals surface area (Å²) < 4.78 is 5.35. The van der Waals surface area contributed by atoms with Crippen molar-refractivity contribution in [2.24, 2.45) is 0 Å². The first-order chi connectivity index (χ1) is 9.22. The van der Waals surface area contributed by atoms with Crippen LogP contribution in [0, 0.1) is 0 Å². The maximum absolute atomic E-state index is 5.35. The first-order valence-corrected chi connectivity index (χ1v) is 7.21. The van der Waals surface area contributed by atoms with E-state index in [4.69, 9.17) is 4.74 Å². The van der Waals surface area contributed by atoms with Crippen LogP contribution >= 0.6 is 11.3 Å². The molecule has 0 fully saturated rings. The molecule has 0 aliphatic carbocycles. The number of ether oxygens (including phenoxy) is 1. The highest BCUT2D eigenvalue weighted by molar-refractivity contribution is 7.11. The van der Waals surface area contributed by atoms with Gasteiger partial charge in [-0.3, -0.25) is 0 Å². The predicted molar refractivity (Wildman–Crippen MR) is 76.7 cm³/mol. The molecule has 0 aromatic carbocycles. The van der Waals surface area contributed by atoms with Crippen molar-refractivity contribution < 1.29 is 4.74 Å². The Morgan fingerprint density at radius 2 is 2.21 bits per heavy atom. The zero-order valence-electron chi connectivity index (χ0n) is 11.4. The average molecular weight is 278 g/mol. The van der Waals surface area contributed by atoms with Gasteiger partial charge in [0.05, 0.1) is 12.6 Å². The molecule has 0 aliphatic heterocycles. The zero-order chi connectivity index (χ0) is 13.7. The topological polar surface area (TPSA) is 59.9 Å². The minimum absolute atomic E-state index is 0.0853. The van der Waals surface area contributed by atoms with Crippen LogP contribution < -0.4 is 10.1 Å². The maximum Gasteiger partial charge on any atom is 0.226 e. The van der Waals surface area contributed by atoms with E-state index in [9.17, 15) is 0 Å². The molecule has 2 aromatic heterocycles. The molecule has 0 aliphatic rings. The lowest BCUT2D eigenvalue weighted by molar-refractivity contribution is 0.326. The second-order valence-electron chi connectivity index (χ2n) is 4.04. The molecule has 0 saturated carbocycles. The van der Waals surface area contributed by atoms with Crippen LogP contribution in [0.5, 0.6) is 5.88 Å². The Morgan fingerprint density at radius 1 is 1.37 bits per heavy atom. The summed E-state index contributed by atoms with van der Waals surface area (Å²) in [5, 5.41) is 4.28. The molecule has 2 aromatic rings. The van der Waals surface area contributed by atoms with Gasteiger partial charge in [0.1, 0.15) is 5.01 Å². The van der Waals surface area contributed by atoms with Crippen molar-refractivity contribution in [3.8, 4) is 5.88 Å². The van der Waals surface area contributed by atoms with Crippen LogP contribution in [0.25, 0.3) is 0 Å². The number of rotatable bonds is 6. The second kappa shape index (κ2) is 6.47. The van der Waals surface area contributed by atoms with E-state index in [1.165, 1.54) is 4.88 Å². The van der Waals surface area contributed by atoms with Gasteiger partial charge >= 0.3 is 0 Å². The zero-order valence-corrected chi connectivity index (χ0v) is 12.2. The fourth-order valence-corrected chi connectivity index (χ4v) is 2.44. The van der Waals surface area contributed by atoms with Gasteiger partial charge in [0.25, 0.3) is 0 Å². The third-order valence-corrected chi connectivity index (χ3v) is 3.88. The van der Waals surface area contributed by atoms with Gasteiger partial charge in [-0.25, -0.2) is 9.97 Å². The molecule has 0 saturated heterocycles. The first-order valence-electron chi connectivity index (χ1n) is 6.40. The standard InChI is InChI=1S/C13H18N4OS/c1-4-10-8-15-12(19-10)9(3)16-13-14-7-6-11(17-13)18-5-2/h6-9H,4-5H2,1-3H3,(H,14,16,17). The molecule has 0 spiro atoms. The molecule has 2 rings (SSSR count). The Labute approximate surface area is 117 Å². The monoisotopic (exact) mass is 278 g/mol. The van der Waals surface area contributed by atoms with E-state index >= 15 is 0 Å². The first kappa shape index (κ1) is 13.7. The molecule has 0 bridgehead atoms. The number of aromatic nitrogens is 3. The second-order valence-corrected chi connectivity index (χ2v) is 5.18. The van der Waals surface area contributed by atoms with Gasteiger partial charge in [0.2, 0.25) is 11.8 Å². The third kappa shape index (κ3) is 3.64. The van der Waals surface area contributed by atoms with E-state index in [1.54, 1.807) is 23.6 Å². The average Bonchev–Trinajstić information content (AvgIpc) is 2.88. The van der Waals surface area contributed by atoms with Gasteiger partial charge in [-0.15, -0.1) is 11.3 Å².